The summed E-state index contributed by atoms with van der Waals surface area (Å²) in [7, 11) is 0. The Morgan fingerprint density at radius 2 is 0.828 bits per heavy atom. The summed E-state index contributed by atoms with van der Waals surface area (Å²) in [5, 5.41) is 5.21. The largest absolute Gasteiger partial charge is 0.308 e. The molecule has 0 atom stereocenters. The highest BCUT2D eigenvalue weighted by atomic mass is 32.1. The molecule has 2 aliphatic carbocycles. The van der Waals surface area contributed by atoms with Gasteiger partial charge < -0.3 is 4.90 Å². The minimum atomic E-state index is -0.439. The van der Waals surface area contributed by atoms with E-state index in [0.717, 1.165) is 11.4 Å². The lowest BCUT2D eigenvalue weighted by atomic mass is 9.70. The first-order valence-corrected chi connectivity index (χ1v) is 21.6. The van der Waals surface area contributed by atoms with E-state index in [-0.39, 0.29) is 0 Å². The molecule has 1 nitrogen and oxygen atoms in total. The van der Waals surface area contributed by atoms with Crippen LogP contribution < -0.4 is 4.90 Å². The molecule has 0 bridgehead atoms. The van der Waals surface area contributed by atoms with E-state index in [0.29, 0.717) is 0 Å². The molecule has 9 aromatic carbocycles. The second-order valence-electron chi connectivity index (χ2n) is 15.5. The fourth-order valence-electron chi connectivity index (χ4n) is 10.4. The van der Waals surface area contributed by atoms with Crippen molar-refractivity contribution in [2.75, 3.05) is 4.90 Å². The minimum Gasteiger partial charge on any atom is -0.308 e. The first-order chi connectivity index (χ1) is 28.8. The number of thiophene rings is 2. The zero-order valence-electron chi connectivity index (χ0n) is 31.3. The molecule has 0 radical (unpaired) electrons. The summed E-state index contributed by atoms with van der Waals surface area (Å²) < 4.78 is 5.21. The highest BCUT2D eigenvalue weighted by Crippen LogP contribution is 2.63. The maximum atomic E-state index is 2.56. The molecule has 2 aromatic heterocycles. The molecule has 270 valence electrons. The summed E-state index contributed by atoms with van der Waals surface area (Å²) in [5.41, 5.74) is 16.2. The highest BCUT2D eigenvalue weighted by Gasteiger charge is 2.51. The normalized spacial score (nSPS) is 13.3. The molecule has 0 saturated heterocycles. The third kappa shape index (κ3) is 4.24. The molecule has 58 heavy (non-hydrogen) atoms. The van der Waals surface area contributed by atoms with Crippen molar-refractivity contribution in [1.29, 1.82) is 0 Å². The van der Waals surface area contributed by atoms with Gasteiger partial charge in [0, 0.05) is 46.9 Å². The third-order valence-corrected chi connectivity index (χ3v) is 15.0. The number of fused-ring (bicyclic) bond motifs is 16. The first kappa shape index (κ1) is 32.3. The van der Waals surface area contributed by atoms with E-state index in [2.05, 4.69) is 205 Å². The molecule has 0 fully saturated rings. The molecule has 0 aliphatic heterocycles. The topological polar surface area (TPSA) is 3.24 Å². The van der Waals surface area contributed by atoms with Gasteiger partial charge in [0.15, 0.2) is 0 Å². The highest BCUT2D eigenvalue weighted by molar-refractivity contribution is 7.26. The Morgan fingerprint density at radius 3 is 1.55 bits per heavy atom. The van der Waals surface area contributed by atoms with Gasteiger partial charge in [0.05, 0.1) is 21.5 Å². The third-order valence-electron chi connectivity index (χ3n) is 12.7. The molecular formula is C55H33NS2. The fourth-order valence-corrected chi connectivity index (χ4v) is 12.8. The van der Waals surface area contributed by atoms with Crippen LogP contribution in [0, 0.1) is 0 Å². The Labute approximate surface area is 344 Å². The van der Waals surface area contributed by atoms with Crippen LogP contribution in [0.5, 0.6) is 0 Å². The number of hydrogen-bond donors (Lipinski definition) is 0. The molecule has 3 heteroatoms. The Balaban J connectivity index is 1.13. The average Bonchev–Trinajstić information content (AvgIpc) is 4.02. The summed E-state index contributed by atoms with van der Waals surface area (Å²) in [6.45, 7) is 0. The van der Waals surface area contributed by atoms with Crippen molar-refractivity contribution in [3.63, 3.8) is 0 Å². The van der Waals surface area contributed by atoms with Crippen molar-refractivity contribution in [2.45, 2.75) is 5.41 Å². The van der Waals surface area contributed by atoms with Gasteiger partial charge in [0.1, 0.15) is 0 Å². The van der Waals surface area contributed by atoms with Crippen LogP contribution in [0.2, 0.25) is 0 Å². The number of benzene rings is 9. The van der Waals surface area contributed by atoms with Crippen LogP contribution in [0.4, 0.5) is 17.1 Å². The molecular weight excluding hydrogens is 739 g/mol. The van der Waals surface area contributed by atoms with Crippen LogP contribution in [0.15, 0.2) is 200 Å². The molecule has 2 aliphatic rings. The number of para-hydroxylation sites is 1. The van der Waals surface area contributed by atoms with Crippen molar-refractivity contribution in [3.05, 3.63) is 222 Å². The number of hydrogen-bond acceptors (Lipinski definition) is 3. The molecule has 0 unspecified atom stereocenters. The van der Waals surface area contributed by atoms with Crippen molar-refractivity contribution in [3.8, 4) is 33.4 Å². The predicted octanol–water partition coefficient (Wildman–Crippen LogP) is 15.9. The van der Waals surface area contributed by atoms with Crippen molar-refractivity contribution < 1.29 is 0 Å². The van der Waals surface area contributed by atoms with E-state index < -0.39 is 5.41 Å². The standard InChI is InChI=1S/C55H33NS2/c1-7-23-44-35(15-1)36-16-2-8-24-45(36)55(44)46-25-9-3-17-37(46)38-32-31-34(33-47(38)55)56(49-27-13-22-42-40-19-5-11-28-50(40)58-54(42)49)48-26-10-4-18-39(48)41-21-14-30-52-53(41)43-20-6-12-29-51(43)57-52/h1-33H. The average molecular weight is 772 g/mol. The maximum Gasteiger partial charge on any atom is 0.0726 e. The second kappa shape index (κ2) is 12.1. The first-order valence-electron chi connectivity index (χ1n) is 19.9. The summed E-state index contributed by atoms with van der Waals surface area (Å²) in [6.07, 6.45) is 0. The predicted molar refractivity (Wildman–Crippen MR) is 249 cm³/mol. The zero-order chi connectivity index (χ0) is 38.0. The van der Waals surface area contributed by atoms with Gasteiger partial charge >= 0.3 is 0 Å². The Bertz CT molecular complexity index is 3430. The number of nitrogens with zero attached hydrogens (tertiary/aromatic N) is 1. The van der Waals surface area contributed by atoms with Crippen LogP contribution in [-0.4, -0.2) is 0 Å². The molecule has 11 aromatic rings. The van der Waals surface area contributed by atoms with Crippen molar-refractivity contribution in [1.82, 2.24) is 0 Å². The SMILES string of the molecule is c1ccc(N(c2ccc3c(c2)C2(c4ccccc4-c4ccccc42)c2ccccc2-3)c2cccc3c2sc2ccccc23)c(-c2cccc3sc4ccccc4c23)c1. The molecule has 2 heterocycles. The Morgan fingerprint density at radius 1 is 0.328 bits per heavy atom. The van der Waals surface area contributed by atoms with Gasteiger partial charge in [0.25, 0.3) is 0 Å². The van der Waals surface area contributed by atoms with E-state index >= 15 is 0 Å². The van der Waals surface area contributed by atoms with Gasteiger partial charge in [-0.25, -0.2) is 0 Å². The minimum absolute atomic E-state index is 0.439. The van der Waals surface area contributed by atoms with Gasteiger partial charge in [0.2, 0.25) is 0 Å². The number of rotatable bonds is 4. The second-order valence-corrected chi connectivity index (χ2v) is 17.6. The monoisotopic (exact) mass is 771 g/mol. The van der Waals surface area contributed by atoms with E-state index in [4.69, 9.17) is 0 Å². The van der Waals surface area contributed by atoms with Crippen molar-refractivity contribution in [2.24, 2.45) is 0 Å². The summed E-state index contributed by atoms with van der Waals surface area (Å²) in [6, 6.07) is 75.0. The van der Waals surface area contributed by atoms with E-state index in [1.165, 1.54) is 102 Å². The Hall–Kier alpha value is -6.78. The Kier molecular flexibility index (Phi) is 6.75. The van der Waals surface area contributed by atoms with Crippen LogP contribution in [-0.2, 0) is 5.41 Å². The molecule has 0 N–H and O–H groups in total. The molecule has 1 spiro atoms. The summed E-state index contributed by atoms with van der Waals surface area (Å²) in [5.74, 6) is 0. The van der Waals surface area contributed by atoms with Crippen LogP contribution in [0.25, 0.3) is 73.7 Å². The van der Waals surface area contributed by atoms with Gasteiger partial charge in [-0.2, -0.15) is 0 Å². The van der Waals surface area contributed by atoms with Crippen LogP contribution in [0.3, 0.4) is 0 Å². The molecule has 0 saturated carbocycles. The van der Waals surface area contributed by atoms with Crippen LogP contribution in [0.1, 0.15) is 22.3 Å². The zero-order valence-corrected chi connectivity index (χ0v) is 32.9. The molecule has 0 amide bonds. The lowest BCUT2D eigenvalue weighted by Crippen LogP contribution is -2.26. The van der Waals surface area contributed by atoms with Crippen molar-refractivity contribution >= 4 is 80.1 Å². The van der Waals surface area contributed by atoms with Gasteiger partial charge in [-0.3, -0.25) is 0 Å². The van der Waals surface area contributed by atoms with Gasteiger partial charge in [-0.1, -0.05) is 158 Å². The smallest absolute Gasteiger partial charge is 0.0726 e. The molecule has 13 rings (SSSR count). The maximum absolute atomic E-state index is 2.56. The van der Waals surface area contributed by atoms with Gasteiger partial charge in [-0.15, -0.1) is 22.7 Å². The number of anilines is 3. The van der Waals surface area contributed by atoms with E-state index in [9.17, 15) is 0 Å². The fraction of sp³-hybridized carbons (Fsp3) is 0.0182. The lowest BCUT2D eigenvalue weighted by Gasteiger charge is -2.33. The van der Waals surface area contributed by atoms with E-state index in [1.54, 1.807) is 0 Å². The van der Waals surface area contributed by atoms with E-state index in [1.807, 2.05) is 22.7 Å². The summed E-state index contributed by atoms with van der Waals surface area (Å²) >= 11 is 3.77. The quantitative estimate of drug-likeness (QED) is 0.172. The van der Waals surface area contributed by atoms with Crippen LogP contribution >= 0.6 is 22.7 Å². The summed E-state index contributed by atoms with van der Waals surface area (Å²) in [4.78, 5) is 2.56. The van der Waals surface area contributed by atoms with Gasteiger partial charge in [-0.05, 0) is 92.5 Å². The lowest BCUT2D eigenvalue weighted by molar-refractivity contribution is 0.793.